The fourth-order valence-electron chi connectivity index (χ4n) is 2.43. The van der Waals surface area contributed by atoms with Crippen molar-refractivity contribution in [1.29, 1.82) is 0 Å². The Morgan fingerprint density at radius 1 is 1.08 bits per heavy atom. The summed E-state index contributed by atoms with van der Waals surface area (Å²) in [6, 6.07) is 13.9. The zero-order valence-electron chi connectivity index (χ0n) is 14.4. The van der Waals surface area contributed by atoms with Crippen molar-refractivity contribution in [3.05, 3.63) is 69.7 Å². The van der Waals surface area contributed by atoms with Crippen LogP contribution in [0.5, 0.6) is 5.75 Å². The van der Waals surface area contributed by atoms with Gasteiger partial charge in [-0.05, 0) is 49.6 Å². The molecule has 2 aromatic carbocycles. The molecule has 4 nitrogen and oxygen atoms in total. The minimum Gasteiger partial charge on any atom is -0.489 e. The van der Waals surface area contributed by atoms with Crippen LogP contribution in [0.2, 0.25) is 0 Å². The van der Waals surface area contributed by atoms with Crippen LogP contribution in [-0.2, 0) is 6.61 Å². The Labute approximate surface area is 150 Å². The lowest BCUT2D eigenvalue weighted by Crippen LogP contribution is -1.96. The molecule has 0 unspecified atom stereocenters. The first-order valence-electron chi connectivity index (χ1n) is 7.94. The highest BCUT2D eigenvalue weighted by Gasteiger charge is 2.14. The van der Waals surface area contributed by atoms with Gasteiger partial charge in [-0.15, -0.1) is 11.3 Å². The summed E-state index contributed by atoms with van der Waals surface area (Å²) in [5, 5.41) is 9.86. The first-order valence-corrected chi connectivity index (χ1v) is 8.76. The molecule has 1 aromatic heterocycles. The highest BCUT2D eigenvalue weighted by atomic mass is 32.1. The maximum atomic E-state index is 11.1. The normalized spacial score (nSPS) is 10.7. The van der Waals surface area contributed by atoms with Crippen molar-refractivity contribution in [2.24, 2.45) is 0 Å². The molecule has 1 N–H and O–H groups in total. The molecule has 0 atom stereocenters. The van der Waals surface area contributed by atoms with E-state index in [4.69, 9.17) is 9.84 Å². The molecule has 0 saturated carbocycles. The lowest BCUT2D eigenvalue weighted by atomic mass is 10.1. The van der Waals surface area contributed by atoms with Gasteiger partial charge in [0, 0.05) is 5.56 Å². The van der Waals surface area contributed by atoms with E-state index in [0.717, 1.165) is 21.9 Å². The van der Waals surface area contributed by atoms with Gasteiger partial charge < -0.3 is 9.84 Å². The third-order valence-electron chi connectivity index (χ3n) is 4.08. The molecule has 3 aromatic rings. The van der Waals surface area contributed by atoms with Crippen LogP contribution >= 0.6 is 11.3 Å². The molecule has 128 valence electrons. The zero-order valence-corrected chi connectivity index (χ0v) is 15.2. The van der Waals surface area contributed by atoms with Gasteiger partial charge in [-0.1, -0.05) is 30.3 Å². The SMILES string of the molecule is Cc1ccc(OCc2ccc(-c3nc(C)c(C(=O)O)s3)cc2)cc1C. The second-order valence-corrected chi connectivity index (χ2v) is 6.97. The monoisotopic (exact) mass is 353 g/mol. The Morgan fingerprint density at radius 2 is 1.80 bits per heavy atom. The molecule has 0 aliphatic heterocycles. The summed E-state index contributed by atoms with van der Waals surface area (Å²) in [5.41, 5.74) is 4.97. The number of hydrogen-bond acceptors (Lipinski definition) is 4. The average Bonchev–Trinajstić information content (AvgIpc) is 2.98. The molecule has 0 fully saturated rings. The number of ether oxygens (including phenoxy) is 1. The number of carboxylic acid groups (broad SMARTS) is 1. The Balaban J connectivity index is 1.70. The highest BCUT2D eigenvalue weighted by molar-refractivity contribution is 7.17. The maximum absolute atomic E-state index is 11.1. The van der Waals surface area contributed by atoms with Crippen LogP contribution in [0, 0.1) is 20.8 Å². The number of aryl methyl sites for hydroxylation is 3. The molecular formula is C20H19NO3S. The highest BCUT2D eigenvalue weighted by Crippen LogP contribution is 2.28. The summed E-state index contributed by atoms with van der Waals surface area (Å²) >= 11 is 1.20. The van der Waals surface area contributed by atoms with Crippen LogP contribution in [0.4, 0.5) is 0 Å². The summed E-state index contributed by atoms with van der Waals surface area (Å²) < 4.78 is 5.84. The number of aromatic nitrogens is 1. The van der Waals surface area contributed by atoms with Gasteiger partial charge in [-0.2, -0.15) is 0 Å². The smallest absolute Gasteiger partial charge is 0.347 e. The summed E-state index contributed by atoms with van der Waals surface area (Å²) in [7, 11) is 0. The largest absolute Gasteiger partial charge is 0.489 e. The lowest BCUT2D eigenvalue weighted by Gasteiger charge is -2.08. The van der Waals surface area contributed by atoms with Gasteiger partial charge in [0.25, 0.3) is 0 Å². The Kier molecular flexibility index (Phi) is 4.86. The molecule has 1 heterocycles. The van der Waals surface area contributed by atoms with E-state index in [1.807, 2.05) is 36.4 Å². The molecule has 0 aliphatic rings. The first-order chi connectivity index (χ1) is 11.9. The van der Waals surface area contributed by atoms with Crippen molar-refractivity contribution >= 4 is 17.3 Å². The molecule has 25 heavy (non-hydrogen) atoms. The molecule has 5 heteroatoms. The Hall–Kier alpha value is -2.66. The minimum atomic E-state index is -0.931. The van der Waals surface area contributed by atoms with Gasteiger partial charge in [0.15, 0.2) is 0 Å². The number of benzene rings is 2. The van der Waals surface area contributed by atoms with Crippen molar-refractivity contribution in [3.8, 4) is 16.3 Å². The van der Waals surface area contributed by atoms with Gasteiger partial charge in [-0.3, -0.25) is 0 Å². The van der Waals surface area contributed by atoms with Crippen molar-refractivity contribution in [3.63, 3.8) is 0 Å². The molecule has 0 spiro atoms. The lowest BCUT2D eigenvalue weighted by molar-refractivity contribution is 0.0701. The number of carboxylic acids is 1. The maximum Gasteiger partial charge on any atom is 0.347 e. The van der Waals surface area contributed by atoms with Gasteiger partial charge in [0.2, 0.25) is 0 Å². The van der Waals surface area contributed by atoms with Crippen LogP contribution in [0.3, 0.4) is 0 Å². The van der Waals surface area contributed by atoms with Gasteiger partial charge >= 0.3 is 5.97 Å². The van der Waals surface area contributed by atoms with Gasteiger partial charge in [-0.25, -0.2) is 9.78 Å². The third-order valence-corrected chi connectivity index (χ3v) is 5.27. The molecule has 3 rings (SSSR count). The Morgan fingerprint density at radius 3 is 2.40 bits per heavy atom. The van der Waals surface area contributed by atoms with E-state index in [2.05, 4.69) is 24.9 Å². The van der Waals surface area contributed by atoms with E-state index in [-0.39, 0.29) is 4.88 Å². The van der Waals surface area contributed by atoms with E-state index < -0.39 is 5.97 Å². The van der Waals surface area contributed by atoms with Gasteiger partial charge in [0.1, 0.15) is 22.2 Å². The van der Waals surface area contributed by atoms with Crippen molar-refractivity contribution in [2.75, 3.05) is 0 Å². The number of aromatic carboxylic acids is 1. The number of hydrogen-bond donors (Lipinski definition) is 1. The van der Waals surface area contributed by atoms with Crippen molar-refractivity contribution < 1.29 is 14.6 Å². The fourth-order valence-corrected chi connectivity index (χ4v) is 3.34. The Bertz CT molecular complexity index is 913. The summed E-state index contributed by atoms with van der Waals surface area (Å²) in [6.45, 7) is 6.35. The number of carbonyl (C=O) groups is 1. The molecule has 0 aliphatic carbocycles. The quantitative estimate of drug-likeness (QED) is 0.700. The fraction of sp³-hybridized carbons (Fsp3) is 0.200. The van der Waals surface area contributed by atoms with Crippen LogP contribution in [0.25, 0.3) is 10.6 Å². The summed E-state index contributed by atoms with van der Waals surface area (Å²) in [4.78, 5) is 15.8. The molecule has 0 radical (unpaired) electrons. The van der Waals surface area contributed by atoms with Crippen molar-refractivity contribution in [2.45, 2.75) is 27.4 Å². The van der Waals surface area contributed by atoms with E-state index in [9.17, 15) is 4.79 Å². The molecular weight excluding hydrogens is 334 g/mol. The van der Waals surface area contributed by atoms with Crippen molar-refractivity contribution in [1.82, 2.24) is 4.98 Å². The standard InChI is InChI=1S/C20H19NO3S/c1-12-4-9-17(10-13(12)2)24-11-15-5-7-16(8-6-15)19-21-14(3)18(25-19)20(22)23/h4-10H,11H2,1-3H3,(H,22,23). The van der Waals surface area contributed by atoms with Gasteiger partial charge in [0.05, 0.1) is 5.69 Å². The van der Waals surface area contributed by atoms with Crippen LogP contribution < -0.4 is 4.74 Å². The minimum absolute atomic E-state index is 0.289. The van der Waals surface area contributed by atoms with E-state index in [1.54, 1.807) is 6.92 Å². The van der Waals surface area contributed by atoms with Crippen LogP contribution in [0.1, 0.15) is 32.1 Å². The van der Waals surface area contributed by atoms with E-state index >= 15 is 0 Å². The summed E-state index contributed by atoms with van der Waals surface area (Å²) in [6.07, 6.45) is 0. The third kappa shape index (κ3) is 3.88. The summed E-state index contributed by atoms with van der Waals surface area (Å²) in [5.74, 6) is -0.0755. The second-order valence-electron chi connectivity index (χ2n) is 5.97. The van der Waals surface area contributed by atoms with Crippen LogP contribution in [-0.4, -0.2) is 16.1 Å². The predicted molar refractivity (Wildman–Crippen MR) is 99.5 cm³/mol. The topological polar surface area (TPSA) is 59.4 Å². The molecule has 0 saturated heterocycles. The van der Waals surface area contributed by atoms with E-state index in [1.165, 1.54) is 22.5 Å². The predicted octanol–water partition coefficient (Wildman–Crippen LogP) is 5.01. The number of rotatable bonds is 5. The number of thiazole rings is 1. The molecule has 0 amide bonds. The molecule has 0 bridgehead atoms. The van der Waals surface area contributed by atoms with Crippen LogP contribution in [0.15, 0.2) is 42.5 Å². The second kappa shape index (κ2) is 7.07. The average molecular weight is 353 g/mol. The first kappa shape index (κ1) is 17.2. The van der Waals surface area contributed by atoms with E-state index in [0.29, 0.717) is 12.3 Å². The number of nitrogens with zero attached hydrogens (tertiary/aromatic N) is 1. The zero-order chi connectivity index (χ0) is 18.0.